The third kappa shape index (κ3) is 3.72. The molecule has 3 N–H and O–H groups in total. The van der Waals surface area contributed by atoms with Crippen molar-refractivity contribution in [2.24, 2.45) is 0 Å². The molecule has 6 nitrogen and oxygen atoms in total. The predicted molar refractivity (Wildman–Crippen MR) is 77.3 cm³/mol. The van der Waals surface area contributed by atoms with Gasteiger partial charge in [0.05, 0.1) is 7.11 Å². The number of amides is 1. The highest BCUT2D eigenvalue weighted by molar-refractivity contribution is 5.97. The van der Waals surface area contributed by atoms with Crippen molar-refractivity contribution in [3.05, 3.63) is 63.6 Å². The third-order valence-electron chi connectivity index (χ3n) is 3.11. The third-order valence-corrected chi connectivity index (χ3v) is 3.11. The van der Waals surface area contributed by atoms with E-state index in [1.807, 2.05) is 0 Å². The van der Waals surface area contributed by atoms with Gasteiger partial charge < -0.3 is 20.1 Å². The van der Waals surface area contributed by atoms with Gasteiger partial charge in [-0.2, -0.15) is 0 Å². The van der Waals surface area contributed by atoms with Crippen LogP contribution in [0.25, 0.3) is 0 Å². The number of carbonyl (C=O) groups is 1. The van der Waals surface area contributed by atoms with Crippen LogP contribution in [0.5, 0.6) is 5.75 Å². The van der Waals surface area contributed by atoms with Gasteiger partial charge in [0.1, 0.15) is 17.4 Å². The number of hydrogen-bond acceptors (Lipinski definition) is 4. The summed E-state index contributed by atoms with van der Waals surface area (Å²) in [6.07, 6.45) is -1.21. The molecule has 1 unspecified atom stereocenters. The average Bonchev–Trinajstić information content (AvgIpc) is 2.54. The number of ether oxygens (including phenoxy) is 1. The van der Waals surface area contributed by atoms with E-state index < -0.39 is 34.8 Å². The van der Waals surface area contributed by atoms with E-state index in [-0.39, 0.29) is 18.0 Å². The van der Waals surface area contributed by atoms with Crippen molar-refractivity contribution in [1.82, 2.24) is 10.3 Å². The minimum atomic E-state index is -1.34. The van der Waals surface area contributed by atoms with Crippen molar-refractivity contribution >= 4 is 5.91 Å². The summed E-state index contributed by atoms with van der Waals surface area (Å²) >= 11 is 0. The molecule has 1 aromatic carbocycles. The zero-order chi connectivity index (χ0) is 17.0. The fourth-order valence-corrected chi connectivity index (χ4v) is 1.96. The smallest absolute Gasteiger partial charge is 0.258 e. The van der Waals surface area contributed by atoms with Gasteiger partial charge in [-0.05, 0) is 18.2 Å². The number of aliphatic hydroxyl groups is 1. The fraction of sp³-hybridized carbons (Fsp3) is 0.200. The molecule has 0 saturated carbocycles. The summed E-state index contributed by atoms with van der Waals surface area (Å²) in [7, 11) is 1.22. The number of pyridine rings is 1. The summed E-state index contributed by atoms with van der Waals surface area (Å²) in [6.45, 7) is -0.308. The molecule has 0 aliphatic rings. The Morgan fingerprint density at radius 2 is 2.09 bits per heavy atom. The molecule has 1 aromatic heterocycles. The lowest BCUT2D eigenvalue weighted by Crippen LogP contribution is -2.30. The van der Waals surface area contributed by atoms with E-state index in [2.05, 4.69) is 10.3 Å². The number of methoxy groups -OCH3 is 1. The highest BCUT2D eigenvalue weighted by Crippen LogP contribution is 2.23. The van der Waals surface area contributed by atoms with Gasteiger partial charge in [-0.3, -0.25) is 9.59 Å². The van der Waals surface area contributed by atoms with E-state index in [0.717, 1.165) is 12.1 Å². The second-order valence-corrected chi connectivity index (χ2v) is 4.63. The molecule has 0 aliphatic carbocycles. The summed E-state index contributed by atoms with van der Waals surface area (Å²) in [5.74, 6) is -3.62. The summed E-state index contributed by atoms with van der Waals surface area (Å²) in [6, 6.07) is 6.13. The molecular weight excluding hydrogens is 310 g/mol. The first kappa shape index (κ1) is 16.6. The van der Waals surface area contributed by atoms with E-state index in [4.69, 9.17) is 4.74 Å². The Kier molecular flexibility index (Phi) is 5.07. The molecule has 1 amide bonds. The quantitative estimate of drug-likeness (QED) is 0.769. The second kappa shape index (κ2) is 7.01. The van der Waals surface area contributed by atoms with Gasteiger partial charge >= 0.3 is 0 Å². The highest BCUT2D eigenvalue weighted by atomic mass is 19.2. The van der Waals surface area contributed by atoms with Gasteiger partial charge in [0, 0.05) is 18.3 Å². The minimum absolute atomic E-state index is 0.135. The molecule has 1 atom stereocenters. The number of nitrogens with one attached hydrogen (secondary N) is 2. The van der Waals surface area contributed by atoms with Crippen molar-refractivity contribution in [2.75, 3.05) is 13.7 Å². The maximum atomic E-state index is 13.8. The minimum Gasteiger partial charge on any atom is -0.496 e. The van der Waals surface area contributed by atoms with Crippen LogP contribution < -0.4 is 15.6 Å². The van der Waals surface area contributed by atoms with Gasteiger partial charge in [0.15, 0.2) is 11.6 Å². The zero-order valence-corrected chi connectivity index (χ0v) is 12.1. The van der Waals surface area contributed by atoms with Crippen molar-refractivity contribution in [3.63, 3.8) is 0 Å². The first-order chi connectivity index (χ1) is 10.9. The van der Waals surface area contributed by atoms with Crippen LogP contribution in [0, 0.1) is 11.6 Å². The van der Waals surface area contributed by atoms with Crippen LogP contribution in [0.15, 0.2) is 35.1 Å². The van der Waals surface area contributed by atoms with Gasteiger partial charge in [0.2, 0.25) is 5.56 Å². The first-order valence-corrected chi connectivity index (χ1v) is 6.61. The molecule has 0 aliphatic heterocycles. The van der Waals surface area contributed by atoms with Gasteiger partial charge in [-0.25, -0.2) is 8.78 Å². The number of carbonyl (C=O) groups excluding carboxylic acids is 1. The van der Waals surface area contributed by atoms with E-state index in [0.29, 0.717) is 0 Å². The van der Waals surface area contributed by atoms with Crippen LogP contribution in [0.1, 0.15) is 22.2 Å². The van der Waals surface area contributed by atoms with Gasteiger partial charge in [-0.15, -0.1) is 0 Å². The molecule has 0 radical (unpaired) electrons. The lowest BCUT2D eigenvalue weighted by Gasteiger charge is -2.14. The maximum Gasteiger partial charge on any atom is 0.258 e. The predicted octanol–water partition coefficient (Wildman–Crippen LogP) is 1.13. The number of aromatic nitrogens is 1. The molecule has 0 bridgehead atoms. The molecule has 0 spiro atoms. The molecule has 2 aromatic rings. The van der Waals surface area contributed by atoms with Crippen LogP contribution in [0.2, 0.25) is 0 Å². The lowest BCUT2D eigenvalue weighted by atomic mass is 10.1. The Labute approximate surface area is 129 Å². The highest BCUT2D eigenvalue weighted by Gasteiger charge is 2.22. The van der Waals surface area contributed by atoms with Crippen LogP contribution in [0.3, 0.4) is 0 Å². The molecule has 0 saturated heterocycles. The summed E-state index contributed by atoms with van der Waals surface area (Å²) in [5.41, 5.74) is -0.823. The molecule has 122 valence electrons. The molecular formula is C15H14F2N2O4. The van der Waals surface area contributed by atoms with Crippen molar-refractivity contribution in [3.8, 4) is 5.75 Å². The van der Waals surface area contributed by atoms with Gasteiger partial charge in [-0.1, -0.05) is 6.07 Å². The Hall–Kier alpha value is -2.74. The molecule has 8 heteroatoms. The largest absolute Gasteiger partial charge is 0.496 e. The number of rotatable bonds is 5. The lowest BCUT2D eigenvalue weighted by molar-refractivity contribution is 0.0905. The number of halogens is 2. The molecule has 0 fully saturated rings. The number of H-pyrrole nitrogens is 1. The number of aromatic amines is 1. The van der Waals surface area contributed by atoms with Crippen LogP contribution in [0.4, 0.5) is 8.78 Å². The Balaban J connectivity index is 2.14. The Morgan fingerprint density at radius 3 is 2.74 bits per heavy atom. The summed E-state index contributed by atoms with van der Waals surface area (Å²) < 4.78 is 31.9. The van der Waals surface area contributed by atoms with Crippen molar-refractivity contribution in [1.29, 1.82) is 0 Å². The SMILES string of the molecule is COc1ccc(F)c(F)c1C(=O)NCC(O)c1cccc(=O)[nH]1. The normalized spacial score (nSPS) is 11.8. The standard InChI is InChI=1S/C15H14F2N2O4/c1-23-11-6-5-8(16)14(17)13(11)15(22)18-7-10(20)9-3-2-4-12(21)19-9/h2-6,10,20H,7H2,1H3,(H,18,22)(H,19,21). The fourth-order valence-electron chi connectivity index (χ4n) is 1.96. The Bertz CT molecular complexity index is 776. The number of benzene rings is 1. The average molecular weight is 324 g/mol. The summed E-state index contributed by atoms with van der Waals surface area (Å²) in [5, 5.41) is 12.2. The van der Waals surface area contributed by atoms with E-state index >= 15 is 0 Å². The van der Waals surface area contributed by atoms with E-state index in [9.17, 15) is 23.5 Å². The van der Waals surface area contributed by atoms with E-state index in [1.54, 1.807) is 0 Å². The molecule has 23 heavy (non-hydrogen) atoms. The van der Waals surface area contributed by atoms with Crippen LogP contribution >= 0.6 is 0 Å². The molecule has 1 heterocycles. The van der Waals surface area contributed by atoms with Crippen LogP contribution in [-0.4, -0.2) is 29.7 Å². The first-order valence-electron chi connectivity index (χ1n) is 6.61. The monoisotopic (exact) mass is 324 g/mol. The topological polar surface area (TPSA) is 91.4 Å². The zero-order valence-electron chi connectivity index (χ0n) is 12.1. The number of hydrogen-bond donors (Lipinski definition) is 3. The molecule has 2 rings (SSSR count). The van der Waals surface area contributed by atoms with E-state index in [1.165, 1.54) is 25.3 Å². The summed E-state index contributed by atoms with van der Waals surface area (Å²) in [4.78, 5) is 25.6. The van der Waals surface area contributed by atoms with Crippen LogP contribution in [-0.2, 0) is 0 Å². The van der Waals surface area contributed by atoms with Crippen molar-refractivity contribution in [2.45, 2.75) is 6.10 Å². The van der Waals surface area contributed by atoms with Crippen molar-refractivity contribution < 1.29 is 23.4 Å². The maximum absolute atomic E-state index is 13.8. The second-order valence-electron chi connectivity index (χ2n) is 4.63. The number of aliphatic hydroxyl groups excluding tert-OH is 1. The Morgan fingerprint density at radius 1 is 1.35 bits per heavy atom. The van der Waals surface area contributed by atoms with Gasteiger partial charge in [0.25, 0.3) is 5.91 Å².